The highest BCUT2D eigenvalue weighted by molar-refractivity contribution is 6.00. The molecule has 0 aliphatic carbocycles. The van der Waals surface area contributed by atoms with Gasteiger partial charge in [0.1, 0.15) is 0 Å². The van der Waals surface area contributed by atoms with Crippen LogP contribution in [0.4, 0.5) is 5.69 Å². The Hall–Kier alpha value is -1.89. The van der Waals surface area contributed by atoms with Gasteiger partial charge in [-0.2, -0.15) is 0 Å². The Morgan fingerprint density at radius 1 is 0.762 bits per heavy atom. The van der Waals surface area contributed by atoms with Gasteiger partial charge in [0, 0.05) is 5.71 Å². The molecule has 0 atom stereocenters. The summed E-state index contributed by atoms with van der Waals surface area (Å²) in [6.45, 7) is 11.0. The van der Waals surface area contributed by atoms with E-state index >= 15 is 0 Å². The Kier molecular flexibility index (Phi) is 4.95. The van der Waals surface area contributed by atoms with E-state index in [9.17, 15) is 0 Å². The molecular weight excluding hydrogens is 254 g/mol. The fourth-order valence-electron chi connectivity index (χ4n) is 2.55. The maximum absolute atomic E-state index is 4.99. The number of hydrogen-bond donors (Lipinski definition) is 0. The highest BCUT2D eigenvalue weighted by Crippen LogP contribution is 2.35. The summed E-state index contributed by atoms with van der Waals surface area (Å²) in [5.74, 6) is 0.956. The molecule has 0 aromatic heterocycles. The first-order valence-electron chi connectivity index (χ1n) is 7.74. The molecule has 2 rings (SSSR count). The van der Waals surface area contributed by atoms with Crippen LogP contribution in [0.2, 0.25) is 0 Å². The standard InChI is InChI=1S/C20H25N/c1-14(2)18-12-9-13-19(15(3)4)20(18)21-16(5)17-10-7-6-8-11-17/h6-15H,1-5H3. The van der Waals surface area contributed by atoms with Gasteiger partial charge in [-0.3, -0.25) is 4.99 Å². The highest BCUT2D eigenvalue weighted by atomic mass is 14.8. The molecule has 2 aromatic rings. The number of para-hydroxylation sites is 1. The summed E-state index contributed by atoms with van der Waals surface area (Å²) < 4.78 is 0. The fourth-order valence-corrected chi connectivity index (χ4v) is 2.55. The van der Waals surface area contributed by atoms with Crippen LogP contribution in [0.3, 0.4) is 0 Å². The van der Waals surface area contributed by atoms with E-state index in [0.29, 0.717) is 11.8 Å². The van der Waals surface area contributed by atoms with E-state index in [4.69, 9.17) is 4.99 Å². The van der Waals surface area contributed by atoms with Crippen molar-refractivity contribution >= 4 is 11.4 Å². The molecular formula is C20H25N. The summed E-state index contributed by atoms with van der Waals surface area (Å²) in [5, 5.41) is 0. The largest absolute Gasteiger partial charge is 0.253 e. The zero-order chi connectivity index (χ0) is 15.4. The van der Waals surface area contributed by atoms with E-state index in [1.54, 1.807) is 0 Å². The molecule has 1 nitrogen and oxygen atoms in total. The Morgan fingerprint density at radius 3 is 1.76 bits per heavy atom. The monoisotopic (exact) mass is 279 g/mol. The lowest BCUT2D eigenvalue weighted by molar-refractivity contribution is 0.834. The SMILES string of the molecule is CC(=Nc1c(C(C)C)cccc1C(C)C)c1ccccc1. The van der Waals surface area contributed by atoms with E-state index in [2.05, 4.69) is 77.1 Å². The van der Waals surface area contributed by atoms with Gasteiger partial charge in [0.15, 0.2) is 0 Å². The topological polar surface area (TPSA) is 12.4 Å². The summed E-state index contributed by atoms with van der Waals surface area (Å²) >= 11 is 0. The summed E-state index contributed by atoms with van der Waals surface area (Å²) in [4.78, 5) is 4.99. The molecule has 0 saturated heterocycles. The second kappa shape index (κ2) is 6.71. The van der Waals surface area contributed by atoms with Crippen LogP contribution in [0.15, 0.2) is 53.5 Å². The number of aliphatic imine (C=N–C) groups is 1. The molecule has 0 amide bonds. The van der Waals surface area contributed by atoms with Gasteiger partial charge in [-0.05, 0) is 35.4 Å². The van der Waals surface area contributed by atoms with E-state index in [0.717, 1.165) is 11.4 Å². The molecule has 2 aromatic carbocycles. The Morgan fingerprint density at radius 2 is 1.29 bits per heavy atom. The predicted octanol–water partition coefficient (Wildman–Crippen LogP) is 6.07. The van der Waals surface area contributed by atoms with Gasteiger partial charge in [0.2, 0.25) is 0 Å². The molecule has 0 radical (unpaired) electrons. The summed E-state index contributed by atoms with van der Waals surface area (Å²) in [6.07, 6.45) is 0. The van der Waals surface area contributed by atoms with E-state index < -0.39 is 0 Å². The third kappa shape index (κ3) is 3.60. The number of benzene rings is 2. The molecule has 110 valence electrons. The summed E-state index contributed by atoms with van der Waals surface area (Å²) in [6, 6.07) is 17.0. The van der Waals surface area contributed by atoms with E-state index in [1.807, 2.05) is 6.07 Å². The van der Waals surface area contributed by atoms with Gasteiger partial charge >= 0.3 is 0 Å². The maximum Gasteiger partial charge on any atom is 0.0702 e. The minimum absolute atomic E-state index is 0.478. The number of hydrogen-bond acceptors (Lipinski definition) is 1. The average molecular weight is 279 g/mol. The molecule has 0 bridgehead atoms. The lowest BCUT2D eigenvalue weighted by Gasteiger charge is -2.17. The van der Waals surface area contributed by atoms with Gasteiger partial charge in [-0.15, -0.1) is 0 Å². The number of nitrogens with zero attached hydrogens (tertiary/aromatic N) is 1. The molecule has 0 spiro atoms. The van der Waals surface area contributed by atoms with Crippen LogP contribution >= 0.6 is 0 Å². The van der Waals surface area contributed by atoms with Crippen molar-refractivity contribution < 1.29 is 0 Å². The van der Waals surface area contributed by atoms with Crippen molar-refractivity contribution in [2.45, 2.75) is 46.5 Å². The van der Waals surface area contributed by atoms with Gasteiger partial charge in [0.25, 0.3) is 0 Å². The zero-order valence-corrected chi connectivity index (χ0v) is 13.7. The Bertz CT molecular complexity index is 595. The number of rotatable bonds is 4. The quantitative estimate of drug-likeness (QED) is 0.602. The third-order valence-corrected chi connectivity index (χ3v) is 3.81. The van der Waals surface area contributed by atoms with Crippen LogP contribution in [-0.4, -0.2) is 5.71 Å². The molecule has 0 saturated carbocycles. The normalized spacial score (nSPS) is 12.2. The van der Waals surface area contributed by atoms with Gasteiger partial charge in [-0.25, -0.2) is 0 Å². The van der Waals surface area contributed by atoms with Crippen LogP contribution in [0.1, 0.15) is 63.1 Å². The van der Waals surface area contributed by atoms with E-state index in [1.165, 1.54) is 16.7 Å². The highest BCUT2D eigenvalue weighted by Gasteiger charge is 2.13. The Balaban J connectivity index is 2.56. The molecule has 0 unspecified atom stereocenters. The van der Waals surface area contributed by atoms with Crippen LogP contribution < -0.4 is 0 Å². The first kappa shape index (κ1) is 15.5. The molecule has 1 heteroatoms. The molecule has 0 aliphatic heterocycles. The fraction of sp³-hybridized carbons (Fsp3) is 0.350. The maximum atomic E-state index is 4.99. The van der Waals surface area contributed by atoms with Gasteiger partial charge in [0.05, 0.1) is 5.69 Å². The minimum Gasteiger partial charge on any atom is -0.253 e. The first-order valence-corrected chi connectivity index (χ1v) is 7.74. The summed E-state index contributed by atoms with van der Waals surface area (Å²) in [5.41, 5.74) is 6.08. The molecule has 21 heavy (non-hydrogen) atoms. The van der Waals surface area contributed by atoms with Crippen LogP contribution in [0.25, 0.3) is 0 Å². The van der Waals surface area contributed by atoms with E-state index in [-0.39, 0.29) is 0 Å². The molecule has 0 aliphatic rings. The van der Waals surface area contributed by atoms with Crippen LogP contribution in [-0.2, 0) is 0 Å². The zero-order valence-electron chi connectivity index (χ0n) is 13.7. The van der Waals surface area contributed by atoms with Crippen molar-refractivity contribution in [3.8, 4) is 0 Å². The smallest absolute Gasteiger partial charge is 0.0702 e. The van der Waals surface area contributed by atoms with Crippen molar-refractivity contribution in [3.63, 3.8) is 0 Å². The van der Waals surface area contributed by atoms with Crippen molar-refractivity contribution in [3.05, 3.63) is 65.2 Å². The van der Waals surface area contributed by atoms with Gasteiger partial charge in [-0.1, -0.05) is 76.2 Å². The second-order valence-corrected chi connectivity index (χ2v) is 6.16. The van der Waals surface area contributed by atoms with Crippen LogP contribution in [0.5, 0.6) is 0 Å². The average Bonchev–Trinajstić information content (AvgIpc) is 2.47. The minimum atomic E-state index is 0.478. The second-order valence-electron chi connectivity index (χ2n) is 6.16. The molecule has 0 heterocycles. The lowest BCUT2D eigenvalue weighted by atomic mass is 9.93. The van der Waals surface area contributed by atoms with Gasteiger partial charge < -0.3 is 0 Å². The molecule has 0 N–H and O–H groups in total. The first-order chi connectivity index (χ1) is 10.0. The predicted molar refractivity (Wildman–Crippen MR) is 92.9 cm³/mol. The van der Waals surface area contributed by atoms with Crippen LogP contribution in [0, 0.1) is 0 Å². The third-order valence-electron chi connectivity index (χ3n) is 3.81. The summed E-state index contributed by atoms with van der Waals surface area (Å²) in [7, 11) is 0. The lowest BCUT2D eigenvalue weighted by Crippen LogP contribution is -1.99. The Labute approximate surface area is 128 Å². The molecule has 0 fully saturated rings. The van der Waals surface area contributed by atoms with Crippen molar-refractivity contribution in [2.75, 3.05) is 0 Å². The van der Waals surface area contributed by atoms with Crippen molar-refractivity contribution in [2.24, 2.45) is 4.99 Å². The van der Waals surface area contributed by atoms with Crippen molar-refractivity contribution in [1.82, 2.24) is 0 Å². The van der Waals surface area contributed by atoms with Crippen molar-refractivity contribution in [1.29, 1.82) is 0 Å².